The molecule has 4 heteroatoms. The van der Waals surface area contributed by atoms with Crippen molar-refractivity contribution in [1.29, 1.82) is 0 Å². The van der Waals surface area contributed by atoms with Gasteiger partial charge in [0.05, 0.1) is 0 Å². The molecule has 18 heavy (non-hydrogen) atoms. The van der Waals surface area contributed by atoms with Crippen LogP contribution in [0.4, 0.5) is 0 Å². The number of ether oxygens (including phenoxy) is 1. The lowest BCUT2D eigenvalue weighted by Crippen LogP contribution is -2.76. The Bertz CT molecular complexity index is 341. The van der Waals surface area contributed by atoms with Crippen LogP contribution in [0, 0.1) is 10.8 Å². The fraction of sp³-hybridized carbons (Fsp3) is 0.929. The Labute approximate surface area is 110 Å². The topological polar surface area (TPSA) is 64.4 Å². The highest BCUT2D eigenvalue weighted by atomic mass is 16.5. The first kappa shape index (κ1) is 13.8. The van der Waals surface area contributed by atoms with Crippen molar-refractivity contribution in [3.63, 3.8) is 0 Å². The Balaban J connectivity index is 2.08. The SMILES string of the molecule is CC1(C(=O)NC2C(C)(C)C(N)C2(C)C)CCCO1. The molecule has 0 aromatic rings. The van der Waals surface area contributed by atoms with Gasteiger partial charge in [-0.3, -0.25) is 4.79 Å². The van der Waals surface area contributed by atoms with Gasteiger partial charge in [0.25, 0.3) is 5.91 Å². The Morgan fingerprint density at radius 1 is 1.22 bits per heavy atom. The molecule has 2 aliphatic rings. The van der Waals surface area contributed by atoms with E-state index in [-0.39, 0.29) is 28.8 Å². The first-order valence-electron chi connectivity index (χ1n) is 6.83. The molecule has 0 bridgehead atoms. The van der Waals surface area contributed by atoms with Crippen LogP contribution >= 0.6 is 0 Å². The van der Waals surface area contributed by atoms with Crippen molar-refractivity contribution < 1.29 is 9.53 Å². The molecule has 3 N–H and O–H groups in total. The van der Waals surface area contributed by atoms with Crippen LogP contribution in [0.3, 0.4) is 0 Å². The monoisotopic (exact) mass is 254 g/mol. The average Bonchev–Trinajstić information content (AvgIpc) is 2.72. The predicted molar refractivity (Wildman–Crippen MR) is 71.1 cm³/mol. The van der Waals surface area contributed by atoms with Gasteiger partial charge in [-0.1, -0.05) is 27.7 Å². The molecule has 0 radical (unpaired) electrons. The summed E-state index contributed by atoms with van der Waals surface area (Å²) in [7, 11) is 0. The van der Waals surface area contributed by atoms with Gasteiger partial charge in [0, 0.05) is 29.5 Å². The van der Waals surface area contributed by atoms with E-state index in [4.69, 9.17) is 10.5 Å². The van der Waals surface area contributed by atoms with Crippen LogP contribution in [0.2, 0.25) is 0 Å². The summed E-state index contributed by atoms with van der Waals surface area (Å²) in [4.78, 5) is 12.4. The normalized spacial score (nSPS) is 41.2. The van der Waals surface area contributed by atoms with E-state index >= 15 is 0 Å². The zero-order chi connectivity index (χ0) is 13.8. The molecule has 0 aromatic carbocycles. The number of amides is 1. The molecular weight excluding hydrogens is 228 g/mol. The molecule has 1 atom stereocenters. The van der Waals surface area contributed by atoms with Gasteiger partial charge in [0.15, 0.2) is 0 Å². The Kier molecular flexibility index (Phi) is 3.02. The van der Waals surface area contributed by atoms with Crippen LogP contribution in [-0.4, -0.2) is 30.2 Å². The number of nitrogens with one attached hydrogen (secondary N) is 1. The molecule has 0 spiro atoms. The second kappa shape index (κ2) is 3.94. The fourth-order valence-corrected chi connectivity index (χ4v) is 3.79. The number of hydrogen-bond donors (Lipinski definition) is 2. The first-order valence-corrected chi connectivity index (χ1v) is 6.83. The van der Waals surface area contributed by atoms with E-state index in [9.17, 15) is 4.79 Å². The highest BCUT2D eigenvalue weighted by Crippen LogP contribution is 2.52. The maximum Gasteiger partial charge on any atom is 0.252 e. The summed E-state index contributed by atoms with van der Waals surface area (Å²) >= 11 is 0. The minimum Gasteiger partial charge on any atom is -0.365 e. The van der Waals surface area contributed by atoms with Crippen molar-refractivity contribution in [1.82, 2.24) is 5.32 Å². The van der Waals surface area contributed by atoms with Crippen molar-refractivity contribution in [2.75, 3.05) is 6.61 Å². The zero-order valence-electron chi connectivity index (χ0n) is 12.2. The molecule has 1 unspecified atom stereocenters. The third kappa shape index (κ3) is 1.77. The minimum absolute atomic E-state index is 0.0121. The Morgan fingerprint density at radius 3 is 2.22 bits per heavy atom. The molecule has 4 nitrogen and oxygen atoms in total. The third-order valence-electron chi connectivity index (χ3n) is 5.07. The average molecular weight is 254 g/mol. The smallest absolute Gasteiger partial charge is 0.252 e. The van der Waals surface area contributed by atoms with Crippen LogP contribution in [0.25, 0.3) is 0 Å². The maximum atomic E-state index is 12.4. The van der Waals surface area contributed by atoms with Crippen LogP contribution in [0.15, 0.2) is 0 Å². The summed E-state index contributed by atoms with van der Waals surface area (Å²) in [6, 6.07) is 0.209. The second-order valence-corrected chi connectivity index (χ2v) is 7.21. The van der Waals surface area contributed by atoms with E-state index in [1.807, 2.05) is 6.92 Å². The molecule has 0 aromatic heterocycles. The van der Waals surface area contributed by atoms with Crippen LogP contribution in [-0.2, 0) is 9.53 Å². The maximum absolute atomic E-state index is 12.4. The number of rotatable bonds is 2. The summed E-state index contributed by atoms with van der Waals surface area (Å²) in [6.45, 7) is 11.0. The van der Waals surface area contributed by atoms with Crippen molar-refractivity contribution in [2.45, 2.75) is 65.1 Å². The van der Waals surface area contributed by atoms with Gasteiger partial charge in [0.2, 0.25) is 0 Å². The molecule has 1 saturated carbocycles. The lowest BCUT2D eigenvalue weighted by Gasteiger charge is -2.63. The second-order valence-electron chi connectivity index (χ2n) is 7.21. The van der Waals surface area contributed by atoms with Gasteiger partial charge in [-0.15, -0.1) is 0 Å². The van der Waals surface area contributed by atoms with E-state index < -0.39 is 5.60 Å². The van der Waals surface area contributed by atoms with E-state index in [2.05, 4.69) is 33.0 Å². The Hall–Kier alpha value is -0.610. The summed E-state index contributed by atoms with van der Waals surface area (Å²) in [5.41, 5.74) is 5.43. The van der Waals surface area contributed by atoms with E-state index in [0.29, 0.717) is 6.61 Å². The number of carbonyl (C=O) groups is 1. The molecule has 1 heterocycles. The summed E-state index contributed by atoms with van der Waals surface area (Å²) in [5.74, 6) is 0.0121. The molecule has 1 aliphatic heterocycles. The van der Waals surface area contributed by atoms with Crippen molar-refractivity contribution in [3.8, 4) is 0 Å². The van der Waals surface area contributed by atoms with E-state index in [1.165, 1.54) is 0 Å². The molecule has 1 aliphatic carbocycles. The molecular formula is C14H26N2O2. The molecule has 2 rings (SSSR count). The predicted octanol–water partition coefficient (Wildman–Crippen LogP) is 1.43. The summed E-state index contributed by atoms with van der Waals surface area (Å²) in [6.07, 6.45) is 1.76. The molecule has 1 saturated heterocycles. The molecule has 104 valence electrons. The van der Waals surface area contributed by atoms with E-state index in [0.717, 1.165) is 12.8 Å². The zero-order valence-corrected chi connectivity index (χ0v) is 12.2. The number of hydrogen-bond acceptors (Lipinski definition) is 3. The minimum atomic E-state index is -0.647. The third-order valence-corrected chi connectivity index (χ3v) is 5.07. The van der Waals surface area contributed by atoms with Gasteiger partial charge < -0.3 is 15.8 Å². The largest absolute Gasteiger partial charge is 0.365 e. The van der Waals surface area contributed by atoms with Crippen LogP contribution in [0.1, 0.15) is 47.5 Å². The van der Waals surface area contributed by atoms with Crippen molar-refractivity contribution >= 4 is 5.91 Å². The van der Waals surface area contributed by atoms with Crippen molar-refractivity contribution in [3.05, 3.63) is 0 Å². The highest BCUT2D eigenvalue weighted by molar-refractivity contribution is 5.85. The highest BCUT2D eigenvalue weighted by Gasteiger charge is 2.61. The van der Waals surface area contributed by atoms with Crippen LogP contribution < -0.4 is 11.1 Å². The van der Waals surface area contributed by atoms with Gasteiger partial charge in [-0.25, -0.2) is 0 Å². The summed E-state index contributed by atoms with van der Waals surface area (Å²) < 4.78 is 5.59. The lowest BCUT2D eigenvalue weighted by molar-refractivity contribution is -0.149. The number of nitrogens with two attached hydrogens (primary N) is 1. The standard InChI is InChI=1S/C14H26N2O2/c1-12(2)9(15)13(3,4)10(12)16-11(17)14(5)7-6-8-18-14/h9-10H,6-8,15H2,1-5H3,(H,16,17). The van der Waals surface area contributed by atoms with Crippen molar-refractivity contribution in [2.24, 2.45) is 16.6 Å². The van der Waals surface area contributed by atoms with Gasteiger partial charge >= 0.3 is 0 Å². The van der Waals surface area contributed by atoms with Gasteiger partial charge in [-0.05, 0) is 19.8 Å². The number of carbonyl (C=O) groups excluding carboxylic acids is 1. The molecule has 2 fully saturated rings. The van der Waals surface area contributed by atoms with Crippen LogP contribution in [0.5, 0.6) is 0 Å². The summed E-state index contributed by atoms with van der Waals surface area (Å²) in [5, 5.41) is 3.17. The van der Waals surface area contributed by atoms with Gasteiger partial charge in [-0.2, -0.15) is 0 Å². The van der Waals surface area contributed by atoms with E-state index in [1.54, 1.807) is 0 Å². The molecule has 1 amide bonds. The quantitative estimate of drug-likeness (QED) is 0.783. The lowest BCUT2D eigenvalue weighted by atomic mass is 9.48. The van der Waals surface area contributed by atoms with Gasteiger partial charge in [0.1, 0.15) is 5.60 Å². The first-order chi connectivity index (χ1) is 8.12. The fourth-order valence-electron chi connectivity index (χ4n) is 3.79. The Morgan fingerprint density at radius 2 is 1.78 bits per heavy atom.